The zero-order valence-corrected chi connectivity index (χ0v) is 17.4. The largest absolute Gasteiger partial charge is 0.483 e. The number of carbonyl (C=O) groups is 2. The van der Waals surface area contributed by atoms with Crippen LogP contribution in [0.1, 0.15) is 33.5 Å². The second-order valence-electron chi connectivity index (χ2n) is 7.69. The van der Waals surface area contributed by atoms with Gasteiger partial charge in [0, 0.05) is 30.8 Å². The van der Waals surface area contributed by atoms with Gasteiger partial charge in [-0.25, -0.2) is 0 Å². The van der Waals surface area contributed by atoms with Gasteiger partial charge in [0.15, 0.2) is 6.61 Å². The van der Waals surface area contributed by atoms with Crippen molar-refractivity contribution in [1.29, 1.82) is 0 Å². The first-order chi connectivity index (χ1) is 15.2. The highest BCUT2D eigenvalue weighted by Gasteiger charge is 2.22. The summed E-state index contributed by atoms with van der Waals surface area (Å²) in [5.41, 5.74) is 3.75. The first-order valence-electron chi connectivity index (χ1n) is 10.6. The molecular formula is C26H26N2O3. The first kappa shape index (κ1) is 20.7. The first-order valence-corrected chi connectivity index (χ1v) is 10.6. The maximum atomic E-state index is 12.6. The summed E-state index contributed by atoms with van der Waals surface area (Å²) in [6.45, 7) is 1.54. The van der Waals surface area contributed by atoms with E-state index in [0.717, 1.165) is 24.0 Å². The van der Waals surface area contributed by atoms with Gasteiger partial charge in [-0.2, -0.15) is 0 Å². The number of hydrogen-bond donors (Lipinski definition) is 1. The highest BCUT2D eigenvalue weighted by atomic mass is 16.5. The van der Waals surface area contributed by atoms with Gasteiger partial charge >= 0.3 is 0 Å². The Hall–Kier alpha value is -3.60. The van der Waals surface area contributed by atoms with E-state index in [0.29, 0.717) is 30.9 Å². The lowest BCUT2D eigenvalue weighted by Crippen LogP contribution is -2.31. The molecule has 5 heteroatoms. The van der Waals surface area contributed by atoms with E-state index < -0.39 is 0 Å². The van der Waals surface area contributed by atoms with E-state index in [4.69, 9.17) is 4.74 Å². The number of nitrogens with zero attached hydrogens (tertiary/aromatic N) is 1. The highest BCUT2D eigenvalue weighted by Crippen LogP contribution is 2.25. The molecule has 0 bridgehead atoms. The van der Waals surface area contributed by atoms with Gasteiger partial charge in [0.25, 0.3) is 11.8 Å². The van der Waals surface area contributed by atoms with E-state index >= 15 is 0 Å². The molecule has 4 rings (SSSR count). The van der Waals surface area contributed by atoms with Crippen LogP contribution in [0.2, 0.25) is 0 Å². The summed E-state index contributed by atoms with van der Waals surface area (Å²) >= 11 is 0. The van der Waals surface area contributed by atoms with E-state index in [1.54, 1.807) is 17.0 Å². The lowest BCUT2D eigenvalue weighted by molar-refractivity contribution is -0.133. The Labute approximate surface area is 182 Å². The second-order valence-corrected chi connectivity index (χ2v) is 7.69. The molecule has 158 valence electrons. The molecule has 0 aliphatic carbocycles. The Balaban J connectivity index is 1.38. The summed E-state index contributed by atoms with van der Waals surface area (Å²) in [6, 6.07) is 25.5. The third-order valence-electron chi connectivity index (χ3n) is 5.37. The van der Waals surface area contributed by atoms with E-state index in [1.165, 1.54) is 5.56 Å². The van der Waals surface area contributed by atoms with Crippen molar-refractivity contribution in [2.24, 2.45) is 0 Å². The van der Waals surface area contributed by atoms with Crippen molar-refractivity contribution in [1.82, 2.24) is 10.2 Å². The smallest absolute Gasteiger partial charge is 0.261 e. The summed E-state index contributed by atoms with van der Waals surface area (Å²) in [5.74, 6) is 0.484. The lowest BCUT2D eigenvalue weighted by Gasteiger charge is -2.20. The summed E-state index contributed by atoms with van der Waals surface area (Å²) in [5, 5.41) is 2.99. The van der Waals surface area contributed by atoms with Crippen LogP contribution in [0.3, 0.4) is 0 Å². The van der Waals surface area contributed by atoms with E-state index in [-0.39, 0.29) is 18.4 Å². The van der Waals surface area contributed by atoms with Crippen LogP contribution in [0.4, 0.5) is 0 Å². The van der Waals surface area contributed by atoms with Crippen LogP contribution in [0.5, 0.6) is 5.75 Å². The fraction of sp³-hybridized carbons (Fsp3) is 0.231. The molecule has 1 heterocycles. The van der Waals surface area contributed by atoms with Crippen molar-refractivity contribution in [3.05, 3.63) is 101 Å². The molecule has 0 saturated carbocycles. The number of rotatable bonds is 7. The Morgan fingerprint density at radius 3 is 2.39 bits per heavy atom. The predicted molar refractivity (Wildman–Crippen MR) is 120 cm³/mol. The molecule has 1 N–H and O–H groups in total. The van der Waals surface area contributed by atoms with Gasteiger partial charge in [-0.05, 0) is 42.2 Å². The minimum Gasteiger partial charge on any atom is -0.483 e. The van der Waals surface area contributed by atoms with Gasteiger partial charge in [-0.1, -0.05) is 60.7 Å². The average Bonchev–Trinajstić information content (AvgIpc) is 2.96. The molecule has 0 spiro atoms. The molecule has 0 aromatic heterocycles. The Bertz CT molecular complexity index is 1040. The van der Waals surface area contributed by atoms with Crippen LogP contribution in [-0.2, 0) is 24.3 Å². The average molecular weight is 415 g/mol. The van der Waals surface area contributed by atoms with Gasteiger partial charge in [0.1, 0.15) is 5.75 Å². The molecule has 1 aliphatic rings. The van der Waals surface area contributed by atoms with Crippen molar-refractivity contribution < 1.29 is 14.3 Å². The standard InChI is InChI=1S/C26H26N2O3/c29-25-19-31-24-14-13-22(26(30)27-15-7-12-20-8-3-1-4-9-20)16-23(24)18-28(25)17-21-10-5-2-6-11-21/h1-6,8-11,13-14,16H,7,12,15,17-19H2,(H,27,30). The van der Waals surface area contributed by atoms with Crippen LogP contribution in [-0.4, -0.2) is 29.9 Å². The molecule has 1 aliphatic heterocycles. The monoisotopic (exact) mass is 414 g/mol. The van der Waals surface area contributed by atoms with Crippen LogP contribution < -0.4 is 10.1 Å². The molecule has 2 amide bonds. The molecule has 0 radical (unpaired) electrons. The van der Waals surface area contributed by atoms with Gasteiger partial charge < -0.3 is 15.0 Å². The number of carbonyl (C=O) groups excluding carboxylic acids is 2. The summed E-state index contributed by atoms with van der Waals surface area (Å²) in [7, 11) is 0. The topological polar surface area (TPSA) is 58.6 Å². The summed E-state index contributed by atoms with van der Waals surface area (Å²) < 4.78 is 5.69. The van der Waals surface area contributed by atoms with Crippen molar-refractivity contribution in [3.63, 3.8) is 0 Å². The van der Waals surface area contributed by atoms with E-state index in [9.17, 15) is 9.59 Å². The minimum atomic E-state index is -0.110. The number of ether oxygens (including phenoxy) is 1. The second kappa shape index (κ2) is 9.94. The van der Waals surface area contributed by atoms with Crippen LogP contribution in [0, 0.1) is 0 Å². The Morgan fingerprint density at radius 2 is 1.65 bits per heavy atom. The summed E-state index contributed by atoms with van der Waals surface area (Å²) in [4.78, 5) is 26.9. The third kappa shape index (κ3) is 5.51. The van der Waals surface area contributed by atoms with Crippen LogP contribution >= 0.6 is 0 Å². The van der Waals surface area contributed by atoms with Crippen molar-refractivity contribution >= 4 is 11.8 Å². The number of hydrogen-bond acceptors (Lipinski definition) is 3. The molecule has 5 nitrogen and oxygen atoms in total. The SMILES string of the molecule is O=C(NCCCc1ccccc1)c1ccc2c(c1)CN(Cc1ccccc1)C(=O)CO2. The summed E-state index contributed by atoms with van der Waals surface area (Å²) in [6.07, 6.45) is 1.80. The number of aryl methyl sites for hydroxylation is 1. The molecule has 3 aromatic carbocycles. The van der Waals surface area contributed by atoms with Crippen molar-refractivity contribution in [3.8, 4) is 5.75 Å². The number of fused-ring (bicyclic) bond motifs is 1. The predicted octanol–water partition coefficient (Wildman–Crippen LogP) is 3.97. The number of benzene rings is 3. The maximum absolute atomic E-state index is 12.6. The van der Waals surface area contributed by atoms with Crippen LogP contribution in [0.25, 0.3) is 0 Å². The van der Waals surface area contributed by atoms with Gasteiger partial charge in [-0.3, -0.25) is 9.59 Å². The molecular weight excluding hydrogens is 388 g/mol. The number of amides is 2. The van der Waals surface area contributed by atoms with E-state index in [2.05, 4.69) is 17.4 Å². The zero-order chi connectivity index (χ0) is 21.5. The minimum absolute atomic E-state index is 0.00482. The Kier molecular flexibility index (Phi) is 6.62. The number of nitrogens with one attached hydrogen (secondary N) is 1. The molecule has 0 saturated heterocycles. The quantitative estimate of drug-likeness (QED) is 0.595. The molecule has 3 aromatic rings. The van der Waals surface area contributed by atoms with E-state index in [1.807, 2.05) is 54.6 Å². The Morgan fingerprint density at radius 1 is 0.935 bits per heavy atom. The molecule has 0 unspecified atom stereocenters. The van der Waals surface area contributed by atoms with Crippen molar-refractivity contribution in [2.75, 3.05) is 13.2 Å². The third-order valence-corrected chi connectivity index (χ3v) is 5.37. The fourth-order valence-corrected chi connectivity index (χ4v) is 3.70. The lowest BCUT2D eigenvalue weighted by atomic mass is 10.1. The maximum Gasteiger partial charge on any atom is 0.261 e. The van der Waals surface area contributed by atoms with Crippen LogP contribution in [0.15, 0.2) is 78.9 Å². The molecule has 0 fully saturated rings. The zero-order valence-electron chi connectivity index (χ0n) is 17.4. The van der Waals surface area contributed by atoms with Gasteiger partial charge in [-0.15, -0.1) is 0 Å². The molecule has 31 heavy (non-hydrogen) atoms. The molecule has 0 atom stereocenters. The van der Waals surface area contributed by atoms with Crippen molar-refractivity contribution in [2.45, 2.75) is 25.9 Å². The fourth-order valence-electron chi connectivity index (χ4n) is 3.70. The van der Waals surface area contributed by atoms with Gasteiger partial charge in [0.2, 0.25) is 0 Å². The highest BCUT2D eigenvalue weighted by molar-refractivity contribution is 5.94. The van der Waals surface area contributed by atoms with Gasteiger partial charge in [0.05, 0.1) is 0 Å². The normalized spacial score (nSPS) is 13.2.